The summed E-state index contributed by atoms with van der Waals surface area (Å²) >= 11 is 0. The van der Waals surface area contributed by atoms with Gasteiger partial charge in [0.15, 0.2) is 0 Å². The fourth-order valence-corrected chi connectivity index (χ4v) is 1.46. The maximum absolute atomic E-state index is 10.2. The molecule has 1 N–H and O–H groups in total. The van der Waals surface area contributed by atoms with Crippen LogP contribution in [0.25, 0.3) is 0 Å². The van der Waals surface area contributed by atoms with Crippen LogP contribution in [-0.4, -0.2) is 23.0 Å². The van der Waals surface area contributed by atoms with Crippen LogP contribution in [-0.2, 0) is 25.8 Å². The summed E-state index contributed by atoms with van der Waals surface area (Å²) in [6.07, 6.45) is 0.736. The minimum atomic E-state index is -0.698. The van der Waals surface area contributed by atoms with Gasteiger partial charge in [-0.1, -0.05) is 20.8 Å². The van der Waals surface area contributed by atoms with E-state index in [4.69, 9.17) is 0 Å². The SMILES string of the molecule is CCN=C(C)C(O)(CC)C(C)C.[Sc]. The fraction of sp³-hybridized carbons (Fsp3) is 0.900. The molecule has 0 aliphatic heterocycles. The minimum Gasteiger partial charge on any atom is -0.384 e. The van der Waals surface area contributed by atoms with Crippen LogP contribution in [0.1, 0.15) is 41.0 Å². The van der Waals surface area contributed by atoms with E-state index in [1.165, 1.54) is 0 Å². The van der Waals surface area contributed by atoms with Crippen LogP contribution >= 0.6 is 0 Å². The summed E-state index contributed by atoms with van der Waals surface area (Å²) < 4.78 is 0. The molecule has 0 saturated heterocycles. The van der Waals surface area contributed by atoms with Crippen LogP contribution in [0.2, 0.25) is 0 Å². The Morgan fingerprint density at radius 1 is 1.38 bits per heavy atom. The Labute approximate surface area is 101 Å². The van der Waals surface area contributed by atoms with Crippen LogP contribution in [0.5, 0.6) is 0 Å². The van der Waals surface area contributed by atoms with E-state index in [1.54, 1.807) is 0 Å². The van der Waals surface area contributed by atoms with Crippen molar-refractivity contribution in [3.05, 3.63) is 0 Å². The van der Waals surface area contributed by atoms with Gasteiger partial charge in [0.2, 0.25) is 0 Å². The van der Waals surface area contributed by atoms with E-state index in [1.807, 2.05) is 34.6 Å². The fourth-order valence-electron chi connectivity index (χ4n) is 1.46. The Hall–Kier alpha value is 0.500. The van der Waals surface area contributed by atoms with Gasteiger partial charge in [-0.2, -0.15) is 0 Å². The third kappa shape index (κ3) is 4.03. The van der Waals surface area contributed by atoms with E-state index in [-0.39, 0.29) is 31.8 Å². The number of hydrogen-bond donors (Lipinski definition) is 1. The molecule has 0 amide bonds. The number of rotatable bonds is 4. The van der Waals surface area contributed by atoms with E-state index < -0.39 is 5.60 Å². The van der Waals surface area contributed by atoms with Crippen molar-refractivity contribution in [2.24, 2.45) is 10.9 Å². The average molecular weight is 216 g/mol. The van der Waals surface area contributed by atoms with Crippen LogP contribution in [0.4, 0.5) is 0 Å². The molecule has 0 aromatic carbocycles. The van der Waals surface area contributed by atoms with Crippen LogP contribution < -0.4 is 0 Å². The van der Waals surface area contributed by atoms with E-state index in [9.17, 15) is 5.11 Å². The number of aliphatic hydroxyl groups is 1. The van der Waals surface area contributed by atoms with E-state index in [0.29, 0.717) is 0 Å². The van der Waals surface area contributed by atoms with Gasteiger partial charge < -0.3 is 5.11 Å². The molecule has 0 bridgehead atoms. The molecule has 3 heteroatoms. The molecule has 0 aliphatic carbocycles. The van der Waals surface area contributed by atoms with Crippen LogP contribution in [0.15, 0.2) is 4.99 Å². The Balaban J connectivity index is 0. The van der Waals surface area contributed by atoms with Crippen molar-refractivity contribution in [3.8, 4) is 0 Å². The Morgan fingerprint density at radius 3 is 2.08 bits per heavy atom. The Morgan fingerprint density at radius 2 is 1.85 bits per heavy atom. The molecule has 0 rings (SSSR count). The van der Waals surface area contributed by atoms with Crippen molar-refractivity contribution in [1.29, 1.82) is 0 Å². The second-order valence-electron chi connectivity index (χ2n) is 3.49. The molecule has 0 fully saturated rings. The quantitative estimate of drug-likeness (QED) is 0.718. The summed E-state index contributed by atoms with van der Waals surface area (Å²) in [5, 5.41) is 10.2. The molecule has 0 aliphatic rings. The van der Waals surface area contributed by atoms with Crippen LogP contribution in [0.3, 0.4) is 0 Å². The van der Waals surface area contributed by atoms with Gasteiger partial charge in [0, 0.05) is 38.1 Å². The summed E-state index contributed by atoms with van der Waals surface area (Å²) in [7, 11) is 0. The largest absolute Gasteiger partial charge is 0.384 e. The molecule has 0 aromatic heterocycles. The zero-order valence-electron chi connectivity index (χ0n) is 9.46. The molecule has 1 atom stereocenters. The van der Waals surface area contributed by atoms with Gasteiger partial charge in [0.05, 0.1) is 0 Å². The van der Waals surface area contributed by atoms with Gasteiger partial charge in [0.25, 0.3) is 0 Å². The molecule has 13 heavy (non-hydrogen) atoms. The standard InChI is InChI=1S/C10H21NO.Sc/c1-6-10(12,8(3)4)9(5)11-7-2;/h8,12H,6-7H2,1-5H3;. The second-order valence-corrected chi connectivity index (χ2v) is 3.49. The first-order chi connectivity index (χ1) is 5.49. The average Bonchev–Trinajstić information content (AvgIpc) is 2.03. The molecular weight excluding hydrogens is 195 g/mol. The van der Waals surface area contributed by atoms with Gasteiger partial charge in [0.1, 0.15) is 5.60 Å². The Kier molecular flexibility index (Phi) is 8.44. The van der Waals surface area contributed by atoms with Gasteiger partial charge in [-0.15, -0.1) is 0 Å². The summed E-state index contributed by atoms with van der Waals surface area (Å²) in [5.41, 5.74) is 0.165. The third-order valence-electron chi connectivity index (χ3n) is 2.52. The zero-order chi connectivity index (χ0) is 9.78. The number of hydrogen-bond acceptors (Lipinski definition) is 2. The maximum atomic E-state index is 10.2. The van der Waals surface area contributed by atoms with Crippen molar-refractivity contribution >= 4 is 5.71 Å². The third-order valence-corrected chi connectivity index (χ3v) is 2.52. The van der Waals surface area contributed by atoms with Crippen molar-refractivity contribution in [3.63, 3.8) is 0 Å². The summed E-state index contributed by atoms with van der Waals surface area (Å²) in [4.78, 5) is 4.26. The van der Waals surface area contributed by atoms with E-state index in [0.717, 1.165) is 18.7 Å². The monoisotopic (exact) mass is 216 g/mol. The first-order valence-electron chi connectivity index (χ1n) is 4.72. The maximum Gasteiger partial charge on any atom is 0.104 e. The first kappa shape index (κ1) is 16.0. The molecule has 0 saturated carbocycles. The van der Waals surface area contributed by atoms with Gasteiger partial charge >= 0.3 is 0 Å². The zero-order valence-corrected chi connectivity index (χ0v) is 11.3. The van der Waals surface area contributed by atoms with Crippen molar-refractivity contribution < 1.29 is 30.9 Å². The summed E-state index contributed by atoms with van der Waals surface area (Å²) in [6, 6.07) is 0. The summed E-state index contributed by atoms with van der Waals surface area (Å²) in [6.45, 7) is 10.7. The topological polar surface area (TPSA) is 32.6 Å². The molecule has 0 aromatic rings. The Bertz CT molecular complexity index is 168. The predicted octanol–water partition coefficient (Wildman–Crippen LogP) is 2.26. The summed E-state index contributed by atoms with van der Waals surface area (Å²) in [5.74, 6) is 0.234. The van der Waals surface area contributed by atoms with Crippen molar-refractivity contribution in [2.45, 2.75) is 46.6 Å². The van der Waals surface area contributed by atoms with Crippen LogP contribution in [0, 0.1) is 5.92 Å². The molecule has 1 unspecified atom stereocenters. The van der Waals surface area contributed by atoms with E-state index in [2.05, 4.69) is 4.99 Å². The predicted molar refractivity (Wildman–Crippen MR) is 53.7 cm³/mol. The van der Waals surface area contributed by atoms with E-state index >= 15 is 0 Å². The molecule has 0 heterocycles. The molecule has 1 radical (unpaired) electrons. The molecule has 2 nitrogen and oxygen atoms in total. The second kappa shape index (κ2) is 6.88. The first-order valence-corrected chi connectivity index (χ1v) is 4.72. The van der Waals surface area contributed by atoms with Gasteiger partial charge in [-0.05, 0) is 26.2 Å². The van der Waals surface area contributed by atoms with Crippen molar-refractivity contribution in [2.75, 3.05) is 6.54 Å². The van der Waals surface area contributed by atoms with Crippen molar-refractivity contribution in [1.82, 2.24) is 0 Å². The number of aliphatic imine (C=N–C) groups is 1. The normalized spacial score (nSPS) is 16.7. The smallest absolute Gasteiger partial charge is 0.104 e. The van der Waals surface area contributed by atoms with Gasteiger partial charge in [-0.25, -0.2) is 0 Å². The molecule has 75 valence electrons. The molecular formula is C10H21NOSc. The van der Waals surface area contributed by atoms with Gasteiger partial charge in [-0.3, -0.25) is 4.99 Å². The minimum absolute atomic E-state index is 0. The number of nitrogens with zero attached hydrogens (tertiary/aromatic N) is 1. The molecule has 0 spiro atoms.